The number of ether oxygens (including phenoxy) is 1. The molecule has 1 saturated carbocycles. The van der Waals surface area contributed by atoms with E-state index in [2.05, 4.69) is 30.4 Å². The highest BCUT2D eigenvalue weighted by atomic mass is 16.5. The zero-order chi connectivity index (χ0) is 13.2. The van der Waals surface area contributed by atoms with E-state index in [1.165, 1.54) is 17.5 Å². The number of carbonyl (C=O) groups is 1. The molecular formula is C16H21NO2. The van der Waals surface area contributed by atoms with Crippen molar-refractivity contribution in [1.82, 2.24) is 5.32 Å². The molecule has 1 aromatic carbocycles. The molecule has 3 heteroatoms. The van der Waals surface area contributed by atoms with E-state index in [9.17, 15) is 4.79 Å². The number of rotatable bonds is 4. The second kappa shape index (κ2) is 5.24. The predicted molar refractivity (Wildman–Crippen MR) is 74.3 cm³/mol. The number of nitrogens with one attached hydrogen (secondary N) is 1. The molecule has 0 saturated heterocycles. The highest BCUT2D eigenvalue weighted by Gasteiger charge is 2.26. The van der Waals surface area contributed by atoms with Crippen LogP contribution < -0.4 is 10.1 Å². The summed E-state index contributed by atoms with van der Waals surface area (Å²) in [4.78, 5) is 11.9. The molecule has 1 aliphatic carbocycles. The number of benzene rings is 1. The maximum absolute atomic E-state index is 11.9. The highest BCUT2D eigenvalue weighted by molar-refractivity contribution is 5.79. The molecule has 0 spiro atoms. The molecule has 1 heterocycles. The van der Waals surface area contributed by atoms with Crippen molar-refractivity contribution in [2.24, 2.45) is 5.92 Å². The minimum Gasteiger partial charge on any atom is -0.493 e. The molecule has 0 unspecified atom stereocenters. The van der Waals surface area contributed by atoms with Crippen LogP contribution in [0.5, 0.6) is 5.75 Å². The first-order valence-corrected chi connectivity index (χ1v) is 7.27. The summed E-state index contributed by atoms with van der Waals surface area (Å²) >= 11 is 0. The molecule has 1 atom stereocenters. The lowest BCUT2D eigenvalue weighted by atomic mass is 9.84. The van der Waals surface area contributed by atoms with Crippen LogP contribution in [0.15, 0.2) is 18.2 Å². The largest absolute Gasteiger partial charge is 0.493 e. The fourth-order valence-electron chi connectivity index (χ4n) is 2.80. The van der Waals surface area contributed by atoms with Crippen molar-refractivity contribution in [2.45, 2.75) is 45.1 Å². The van der Waals surface area contributed by atoms with Crippen molar-refractivity contribution >= 4 is 5.91 Å². The predicted octanol–water partition coefficient (Wildman–Crippen LogP) is 2.47. The summed E-state index contributed by atoms with van der Waals surface area (Å²) in [6.45, 7) is 2.88. The standard InChI is InChI=1S/C16H21NO2/c1-11(17-16(18)13-3-2-4-13)9-12-5-6-15-14(10-12)7-8-19-15/h5-6,10-11,13H,2-4,7-9H2,1H3,(H,17,18)/t11-/m0/s1. The van der Waals surface area contributed by atoms with E-state index < -0.39 is 0 Å². The third kappa shape index (κ3) is 2.75. The van der Waals surface area contributed by atoms with Gasteiger partial charge in [0.1, 0.15) is 5.75 Å². The fourth-order valence-corrected chi connectivity index (χ4v) is 2.80. The molecule has 3 nitrogen and oxygen atoms in total. The van der Waals surface area contributed by atoms with Crippen molar-refractivity contribution in [3.05, 3.63) is 29.3 Å². The van der Waals surface area contributed by atoms with Gasteiger partial charge in [0, 0.05) is 18.4 Å². The van der Waals surface area contributed by atoms with E-state index in [0.717, 1.165) is 38.0 Å². The van der Waals surface area contributed by atoms with Crippen LogP contribution in [0.4, 0.5) is 0 Å². The lowest BCUT2D eigenvalue weighted by molar-refractivity contribution is -0.127. The summed E-state index contributed by atoms with van der Waals surface area (Å²) in [6.07, 6.45) is 5.23. The van der Waals surface area contributed by atoms with Gasteiger partial charge in [-0.1, -0.05) is 18.6 Å². The average molecular weight is 259 g/mol. The highest BCUT2D eigenvalue weighted by Crippen LogP contribution is 2.27. The Balaban J connectivity index is 1.56. The Bertz CT molecular complexity index is 480. The molecule has 1 fully saturated rings. The van der Waals surface area contributed by atoms with Gasteiger partial charge in [0.05, 0.1) is 6.61 Å². The van der Waals surface area contributed by atoms with Gasteiger partial charge >= 0.3 is 0 Å². The molecule has 19 heavy (non-hydrogen) atoms. The number of hydrogen-bond acceptors (Lipinski definition) is 2. The van der Waals surface area contributed by atoms with Crippen LogP contribution in [-0.4, -0.2) is 18.6 Å². The minimum atomic E-state index is 0.202. The first kappa shape index (κ1) is 12.5. The number of hydrogen-bond donors (Lipinski definition) is 1. The van der Waals surface area contributed by atoms with Crippen LogP contribution in [0, 0.1) is 5.92 Å². The molecule has 1 N–H and O–H groups in total. The Morgan fingerprint density at radius 3 is 3.05 bits per heavy atom. The number of fused-ring (bicyclic) bond motifs is 1. The van der Waals surface area contributed by atoms with Crippen molar-refractivity contribution in [3.8, 4) is 5.75 Å². The van der Waals surface area contributed by atoms with Gasteiger partial charge in [0.2, 0.25) is 5.91 Å². The molecule has 0 aromatic heterocycles. The molecule has 1 amide bonds. The van der Waals surface area contributed by atoms with E-state index in [-0.39, 0.29) is 17.9 Å². The Hall–Kier alpha value is -1.51. The molecule has 102 valence electrons. The quantitative estimate of drug-likeness (QED) is 0.902. The maximum Gasteiger partial charge on any atom is 0.223 e. The summed E-state index contributed by atoms with van der Waals surface area (Å²) in [5.41, 5.74) is 2.58. The lowest BCUT2D eigenvalue weighted by Gasteiger charge is -2.26. The van der Waals surface area contributed by atoms with E-state index >= 15 is 0 Å². The third-order valence-electron chi connectivity index (χ3n) is 4.16. The zero-order valence-corrected chi connectivity index (χ0v) is 11.4. The Morgan fingerprint density at radius 1 is 1.47 bits per heavy atom. The monoisotopic (exact) mass is 259 g/mol. The Labute approximate surface area is 114 Å². The SMILES string of the molecule is C[C@@H](Cc1ccc2c(c1)CCO2)NC(=O)C1CCC1. The maximum atomic E-state index is 11.9. The van der Waals surface area contributed by atoms with Crippen LogP contribution in [0.1, 0.15) is 37.3 Å². The Kier molecular flexibility index (Phi) is 3.45. The molecule has 1 aliphatic heterocycles. The van der Waals surface area contributed by atoms with Gasteiger partial charge in [0.25, 0.3) is 0 Å². The number of amides is 1. The molecule has 3 rings (SSSR count). The smallest absolute Gasteiger partial charge is 0.223 e. The van der Waals surface area contributed by atoms with Crippen molar-refractivity contribution in [3.63, 3.8) is 0 Å². The Morgan fingerprint density at radius 2 is 2.32 bits per heavy atom. The third-order valence-corrected chi connectivity index (χ3v) is 4.16. The van der Waals surface area contributed by atoms with E-state index in [0.29, 0.717) is 0 Å². The van der Waals surface area contributed by atoms with Gasteiger partial charge in [-0.2, -0.15) is 0 Å². The normalized spacial score (nSPS) is 19.2. The van der Waals surface area contributed by atoms with E-state index in [4.69, 9.17) is 4.74 Å². The second-order valence-corrected chi connectivity index (χ2v) is 5.78. The summed E-state index contributed by atoms with van der Waals surface area (Å²) in [5.74, 6) is 1.54. The molecule has 0 bridgehead atoms. The molecule has 1 aromatic rings. The summed E-state index contributed by atoms with van der Waals surface area (Å²) in [5, 5.41) is 3.13. The van der Waals surface area contributed by atoms with Crippen molar-refractivity contribution < 1.29 is 9.53 Å². The van der Waals surface area contributed by atoms with Gasteiger partial charge in [-0.25, -0.2) is 0 Å². The van der Waals surface area contributed by atoms with Gasteiger partial charge < -0.3 is 10.1 Å². The van der Waals surface area contributed by atoms with Gasteiger partial charge in [-0.15, -0.1) is 0 Å². The topological polar surface area (TPSA) is 38.3 Å². The summed E-state index contributed by atoms with van der Waals surface area (Å²) < 4.78 is 5.51. The van der Waals surface area contributed by atoms with Gasteiger partial charge in [-0.05, 0) is 43.4 Å². The first-order chi connectivity index (χ1) is 9.22. The molecule has 0 radical (unpaired) electrons. The summed E-state index contributed by atoms with van der Waals surface area (Å²) in [6, 6.07) is 6.58. The van der Waals surface area contributed by atoms with Crippen LogP contribution in [0.3, 0.4) is 0 Å². The molecule has 2 aliphatic rings. The lowest BCUT2D eigenvalue weighted by Crippen LogP contribution is -2.40. The first-order valence-electron chi connectivity index (χ1n) is 7.27. The second-order valence-electron chi connectivity index (χ2n) is 5.78. The zero-order valence-electron chi connectivity index (χ0n) is 11.4. The van der Waals surface area contributed by atoms with Gasteiger partial charge in [0.15, 0.2) is 0 Å². The summed E-state index contributed by atoms with van der Waals surface area (Å²) in [7, 11) is 0. The van der Waals surface area contributed by atoms with Crippen molar-refractivity contribution in [2.75, 3.05) is 6.61 Å². The van der Waals surface area contributed by atoms with Crippen LogP contribution in [0.25, 0.3) is 0 Å². The average Bonchev–Trinajstić information content (AvgIpc) is 2.73. The van der Waals surface area contributed by atoms with Crippen LogP contribution in [-0.2, 0) is 17.6 Å². The van der Waals surface area contributed by atoms with Gasteiger partial charge in [-0.3, -0.25) is 4.79 Å². The van der Waals surface area contributed by atoms with E-state index in [1.807, 2.05) is 0 Å². The van der Waals surface area contributed by atoms with E-state index in [1.54, 1.807) is 0 Å². The fraction of sp³-hybridized carbons (Fsp3) is 0.562. The van der Waals surface area contributed by atoms with Crippen LogP contribution >= 0.6 is 0 Å². The molecular weight excluding hydrogens is 238 g/mol. The van der Waals surface area contributed by atoms with Crippen LogP contribution in [0.2, 0.25) is 0 Å². The minimum absolute atomic E-state index is 0.202. The number of carbonyl (C=O) groups excluding carboxylic acids is 1. The van der Waals surface area contributed by atoms with Crippen molar-refractivity contribution in [1.29, 1.82) is 0 Å².